The molecule has 4 rings (SSSR count). The molecule has 7 nitrogen and oxygen atoms in total. The Kier molecular flexibility index (Phi) is 3.42. The van der Waals surface area contributed by atoms with Crippen LogP contribution in [0.5, 0.6) is 0 Å². The molecule has 0 fully saturated rings. The van der Waals surface area contributed by atoms with Gasteiger partial charge in [-0.1, -0.05) is 6.42 Å². The molecule has 0 unspecified atom stereocenters. The van der Waals surface area contributed by atoms with E-state index in [9.17, 15) is 0 Å². The lowest BCUT2D eigenvalue weighted by molar-refractivity contribution is 0.655. The Hall–Kier alpha value is -2.53. The van der Waals surface area contributed by atoms with Gasteiger partial charge >= 0.3 is 0 Å². The number of aromatic nitrogens is 5. The van der Waals surface area contributed by atoms with Gasteiger partial charge in [-0.25, -0.2) is 19.6 Å². The molecule has 23 heavy (non-hydrogen) atoms. The van der Waals surface area contributed by atoms with E-state index in [1.165, 1.54) is 36.0 Å². The van der Waals surface area contributed by atoms with Gasteiger partial charge in [0.05, 0.1) is 5.39 Å². The van der Waals surface area contributed by atoms with E-state index >= 15 is 0 Å². The summed E-state index contributed by atoms with van der Waals surface area (Å²) in [5.41, 5.74) is 7.57. The number of thiophene rings is 1. The minimum Gasteiger partial charge on any atom is -0.383 e. The first kappa shape index (κ1) is 14.1. The summed E-state index contributed by atoms with van der Waals surface area (Å²) in [6.45, 7) is 0.359. The van der Waals surface area contributed by atoms with Crippen LogP contribution in [-0.2, 0) is 19.4 Å². The summed E-state index contributed by atoms with van der Waals surface area (Å²) in [6.07, 6.45) is 7.39. The fraction of sp³-hybridized carbons (Fsp3) is 0.400. The molecule has 1 aliphatic rings. The first-order chi connectivity index (χ1) is 11.2. The van der Waals surface area contributed by atoms with E-state index in [2.05, 4.69) is 20.1 Å². The third-order valence-corrected chi connectivity index (χ3v) is 5.26. The maximum Gasteiger partial charge on any atom is 0.252 e. The van der Waals surface area contributed by atoms with Crippen molar-refractivity contribution in [2.75, 3.05) is 5.73 Å². The summed E-state index contributed by atoms with van der Waals surface area (Å²) < 4.78 is 1.55. The van der Waals surface area contributed by atoms with Crippen molar-refractivity contribution < 1.29 is 0 Å². The Bertz CT molecular complexity index is 918. The highest BCUT2D eigenvalue weighted by Crippen LogP contribution is 2.37. The molecule has 1 aliphatic carbocycles. The number of fused-ring (bicyclic) bond motifs is 3. The zero-order valence-corrected chi connectivity index (χ0v) is 13.3. The number of rotatable bonds is 2. The van der Waals surface area contributed by atoms with E-state index in [4.69, 9.17) is 11.0 Å². The normalized spacial score (nSPS) is 14.4. The summed E-state index contributed by atoms with van der Waals surface area (Å²) >= 11 is 1.73. The number of anilines is 1. The highest BCUT2D eigenvalue weighted by Gasteiger charge is 2.19. The zero-order valence-electron chi connectivity index (χ0n) is 12.5. The van der Waals surface area contributed by atoms with Gasteiger partial charge in [-0.05, 0) is 31.2 Å². The van der Waals surface area contributed by atoms with Crippen molar-refractivity contribution in [2.24, 2.45) is 0 Å². The van der Waals surface area contributed by atoms with Crippen LogP contribution in [0.1, 0.15) is 41.4 Å². The van der Waals surface area contributed by atoms with Gasteiger partial charge in [0, 0.05) is 4.88 Å². The second-order valence-electron chi connectivity index (χ2n) is 5.65. The minimum atomic E-state index is 0.141. The van der Waals surface area contributed by atoms with Crippen LogP contribution in [0.15, 0.2) is 6.33 Å². The van der Waals surface area contributed by atoms with Crippen LogP contribution in [0.3, 0.4) is 0 Å². The number of nitrogens with two attached hydrogens (primary N) is 1. The van der Waals surface area contributed by atoms with Crippen molar-refractivity contribution in [3.8, 4) is 6.07 Å². The Morgan fingerprint density at radius 3 is 2.96 bits per heavy atom. The molecule has 0 spiro atoms. The van der Waals surface area contributed by atoms with Crippen LogP contribution in [0, 0.1) is 11.3 Å². The molecule has 116 valence electrons. The lowest BCUT2D eigenvalue weighted by Crippen LogP contribution is -2.07. The van der Waals surface area contributed by atoms with Gasteiger partial charge in [0.2, 0.25) is 0 Å². The fourth-order valence-corrected chi connectivity index (χ4v) is 4.33. The van der Waals surface area contributed by atoms with Gasteiger partial charge in [0.15, 0.2) is 5.82 Å². The molecular weight excluding hydrogens is 310 g/mol. The number of hydrogen-bond acceptors (Lipinski definition) is 7. The van der Waals surface area contributed by atoms with Crippen molar-refractivity contribution in [2.45, 2.75) is 38.6 Å². The maximum atomic E-state index is 8.78. The summed E-state index contributed by atoms with van der Waals surface area (Å²) in [5, 5.41) is 13.9. The van der Waals surface area contributed by atoms with Crippen molar-refractivity contribution in [3.05, 3.63) is 28.4 Å². The predicted octanol–water partition coefficient (Wildman–Crippen LogP) is 2.05. The monoisotopic (exact) mass is 325 g/mol. The highest BCUT2D eigenvalue weighted by molar-refractivity contribution is 7.18. The molecular formula is C15H15N7S. The lowest BCUT2D eigenvalue weighted by Gasteiger charge is -2.04. The first-order valence-electron chi connectivity index (χ1n) is 7.61. The molecule has 0 saturated heterocycles. The number of hydrogen-bond donors (Lipinski definition) is 1. The van der Waals surface area contributed by atoms with Gasteiger partial charge in [0.1, 0.15) is 29.6 Å². The van der Waals surface area contributed by atoms with Crippen molar-refractivity contribution in [3.63, 3.8) is 0 Å². The third-order valence-electron chi connectivity index (χ3n) is 4.08. The smallest absolute Gasteiger partial charge is 0.252 e. The highest BCUT2D eigenvalue weighted by atomic mass is 32.1. The molecule has 0 bridgehead atoms. The van der Waals surface area contributed by atoms with E-state index in [1.807, 2.05) is 6.07 Å². The first-order valence-corrected chi connectivity index (χ1v) is 8.42. The second kappa shape index (κ2) is 5.59. The van der Waals surface area contributed by atoms with Gasteiger partial charge in [-0.3, -0.25) is 0 Å². The van der Waals surface area contributed by atoms with Crippen LogP contribution in [-0.4, -0.2) is 24.7 Å². The van der Waals surface area contributed by atoms with Crippen LogP contribution in [0.2, 0.25) is 0 Å². The van der Waals surface area contributed by atoms with Gasteiger partial charge in [0.25, 0.3) is 5.82 Å². The van der Waals surface area contributed by atoms with E-state index in [0.29, 0.717) is 18.2 Å². The number of nitrogen functional groups attached to an aromatic ring is 1. The topological polar surface area (TPSA) is 106 Å². The molecule has 0 atom stereocenters. The molecule has 3 aromatic rings. The largest absolute Gasteiger partial charge is 0.383 e. The predicted molar refractivity (Wildman–Crippen MR) is 86.9 cm³/mol. The second-order valence-corrected chi connectivity index (χ2v) is 6.73. The van der Waals surface area contributed by atoms with E-state index in [-0.39, 0.29) is 5.82 Å². The van der Waals surface area contributed by atoms with Crippen LogP contribution < -0.4 is 5.73 Å². The zero-order chi connectivity index (χ0) is 15.8. The Morgan fingerprint density at radius 1 is 1.26 bits per heavy atom. The van der Waals surface area contributed by atoms with Crippen LogP contribution >= 0.6 is 11.3 Å². The summed E-state index contributed by atoms with van der Waals surface area (Å²) in [4.78, 5) is 15.4. The van der Waals surface area contributed by atoms with Crippen molar-refractivity contribution in [1.29, 1.82) is 5.26 Å². The Balaban J connectivity index is 1.74. The summed E-state index contributed by atoms with van der Waals surface area (Å²) in [6, 6.07) is 1.91. The van der Waals surface area contributed by atoms with E-state index in [1.54, 1.807) is 16.0 Å². The van der Waals surface area contributed by atoms with E-state index < -0.39 is 0 Å². The van der Waals surface area contributed by atoms with Crippen LogP contribution in [0.25, 0.3) is 10.2 Å². The Morgan fingerprint density at radius 2 is 2.13 bits per heavy atom. The van der Waals surface area contributed by atoms with Gasteiger partial charge < -0.3 is 5.73 Å². The molecule has 0 radical (unpaired) electrons. The molecule has 0 saturated carbocycles. The molecule has 2 N–H and O–H groups in total. The SMILES string of the molecule is N#Cc1ncn(Cc2nc(N)c3c4c(sc3n2)CCCCC4)n1. The number of nitriles is 1. The average Bonchev–Trinajstić information content (AvgIpc) is 3.05. The number of nitrogens with zero attached hydrogens (tertiary/aromatic N) is 6. The molecule has 0 aromatic carbocycles. The van der Waals surface area contributed by atoms with Crippen molar-refractivity contribution in [1.82, 2.24) is 24.7 Å². The number of aryl methyl sites for hydroxylation is 2. The quantitative estimate of drug-likeness (QED) is 0.723. The minimum absolute atomic E-state index is 0.141. The molecule has 3 heterocycles. The summed E-state index contributed by atoms with van der Waals surface area (Å²) in [5.74, 6) is 1.28. The molecule has 0 amide bonds. The Labute approximate surface area is 136 Å². The summed E-state index contributed by atoms with van der Waals surface area (Å²) in [7, 11) is 0. The fourth-order valence-electron chi connectivity index (χ4n) is 3.05. The molecule has 3 aromatic heterocycles. The van der Waals surface area contributed by atoms with Gasteiger partial charge in [-0.2, -0.15) is 5.26 Å². The molecule has 0 aliphatic heterocycles. The molecule has 8 heteroatoms. The van der Waals surface area contributed by atoms with Crippen molar-refractivity contribution >= 4 is 27.4 Å². The van der Waals surface area contributed by atoms with Crippen LogP contribution in [0.4, 0.5) is 5.82 Å². The lowest BCUT2D eigenvalue weighted by atomic mass is 10.1. The van der Waals surface area contributed by atoms with Gasteiger partial charge in [-0.15, -0.1) is 16.4 Å². The average molecular weight is 325 g/mol. The standard InChI is InChI=1S/C15H15N7S/c16-6-11-18-8-22(21-11)7-12-19-14(17)13-9-4-2-1-3-5-10(9)23-15(13)20-12/h8H,1-5,7H2,(H2,17,19,20). The third kappa shape index (κ3) is 2.53. The maximum absolute atomic E-state index is 8.78. The van der Waals surface area contributed by atoms with E-state index in [0.717, 1.165) is 23.1 Å².